The number of hydrogen-bond acceptors (Lipinski definition) is 3. The van der Waals surface area contributed by atoms with Gasteiger partial charge in [0.2, 0.25) is 0 Å². The normalized spacial score (nSPS) is 11.7. The maximum Gasteiger partial charge on any atom is 0.136 e. The van der Waals surface area contributed by atoms with E-state index in [1.807, 2.05) is 0 Å². The number of aromatic nitrogens is 1. The summed E-state index contributed by atoms with van der Waals surface area (Å²) in [5, 5.41) is 9.36. The molecule has 4 heteroatoms. The van der Waals surface area contributed by atoms with Crippen molar-refractivity contribution < 1.29 is 4.42 Å². The lowest BCUT2D eigenvalue weighted by Crippen LogP contribution is -2.14. The second-order valence-corrected chi connectivity index (χ2v) is 15.4. The highest BCUT2D eigenvalue weighted by atomic mass is 16.3. The first-order valence-electron chi connectivity index (χ1n) is 20.4. The van der Waals surface area contributed by atoms with E-state index in [9.17, 15) is 0 Å². The van der Waals surface area contributed by atoms with Crippen LogP contribution in [0.25, 0.3) is 71.0 Å². The SMILES string of the molecule is c1ccc(N(c2ccc3oc4ccc5ccccc5c4c3c2)c2cc(N(c3ccccc3)c3ccccc3)c3c4ccccc4n(-c4ccc5ccccc5c4)c3c2)cc1. The van der Waals surface area contributed by atoms with Gasteiger partial charge in [-0.25, -0.2) is 0 Å². The van der Waals surface area contributed by atoms with Gasteiger partial charge in [-0.05, 0) is 113 Å². The zero-order valence-electron chi connectivity index (χ0n) is 32.6. The highest BCUT2D eigenvalue weighted by Crippen LogP contribution is 2.49. The molecule has 4 nitrogen and oxygen atoms in total. The molecule has 0 atom stereocenters. The Morgan fingerprint density at radius 1 is 0.317 bits per heavy atom. The third-order valence-electron chi connectivity index (χ3n) is 11.9. The summed E-state index contributed by atoms with van der Waals surface area (Å²) in [6, 6.07) is 80.6. The molecule has 0 aliphatic carbocycles. The molecule has 0 unspecified atom stereocenters. The third kappa shape index (κ3) is 5.46. The van der Waals surface area contributed by atoms with Crippen LogP contribution in [0.4, 0.5) is 34.1 Å². The van der Waals surface area contributed by atoms with Gasteiger partial charge in [-0.1, -0.05) is 133 Å². The molecule has 0 saturated carbocycles. The molecule has 0 bridgehead atoms. The summed E-state index contributed by atoms with van der Waals surface area (Å²) in [7, 11) is 0. The molecule has 60 heavy (non-hydrogen) atoms. The lowest BCUT2D eigenvalue weighted by molar-refractivity contribution is 0.669. The molecular formula is C56H37N3O. The molecular weight excluding hydrogens is 731 g/mol. The molecule has 12 rings (SSSR count). The maximum atomic E-state index is 6.51. The molecule has 0 radical (unpaired) electrons. The Bertz CT molecular complexity index is 3510. The summed E-state index contributed by atoms with van der Waals surface area (Å²) in [5.41, 5.74) is 11.5. The summed E-state index contributed by atoms with van der Waals surface area (Å²) in [6.07, 6.45) is 0. The topological polar surface area (TPSA) is 24.6 Å². The van der Waals surface area contributed by atoms with Crippen molar-refractivity contribution in [1.82, 2.24) is 4.57 Å². The summed E-state index contributed by atoms with van der Waals surface area (Å²) in [6.45, 7) is 0. The first-order valence-corrected chi connectivity index (χ1v) is 20.4. The van der Waals surface area contributed by atoms with Crippen LogP contribution in [0.2, 0.25) is 0 Å². The molecule has 0 spiro atoms. The van der Waals surface area contributed by atoms with Crippen LogP contribution >= 0.6 is 0 Å². The average molecular weight is 768 g/mol. The van der Waals surface area contributed by atoms with E-state index in [4.69, 9.17) is 4.42 Å². The lowest BCUT2D eigenvalue weighted by atomic mass is 10.0. The number of benzene rings is 10. The van der Waals surface area contributed by atoms with Gasteiger partial charge < -0.3 is 18.8 Å². The van der Waals surface area contributed by atoms with Crippen molar-refractivity contribution in [2.45, 2.75) is 0 Å². The smallest absolute Gasteiger partial charge is 0.136 e. The van der Waals surface area contributed by atoms with Crippen molar-refractivity contribution in [2.75, 3.05) is 9.80 Å². The summed E-state index contributed by atoms with van der Waals surface area (Å²) < 4.78 is 8.96. The number of anilines is 6. The number of rotatable bonds is 7. The minimum atomic E-state index is 0.866. The Morgan fingerprint density at radius 2 is 0.900 bits per heavy atom. The van der Waals surface area contributed by atoms with Crippen LogP contribution in [-0.2, 0) is 0 Å². The molecule has 2 aromatic heterocycles. The Hall–Kier alpha value is -8.08. The van der Waals surface area contributed by atoms with E-state index in [-0.39, 0.29) is 0 Å². The minimum Gasteiger partial charge on any atom is -0.456 e. The first-order chi connectivity index (χ1) is 29.8. The van der Waals surface area contributed by atoms with Crippen molar-refractivity contribution in [1.29, 1.82) is 0 Å². The molecule has 0 N–H and O–H groups in total. The Labute approximate surface area is 347 Å². The standard InChI is InChI=1S/C56H37N3O/c1-4-19-41(20-5-1)57(45-31-33-53-49(35-45)55-47-25-13-12-17-39(47)29-32-54(55)60-53)46-36-51(58(42-21-6-2-7-22-42)43-23-8-3-9-24-43)56-48-26-14-15-27-50(48)59(52(56)37-46)44-30-28-38-16-10-11-18-40(38)34-44/h1-37H. The van der Waals surface area contributed by atoms with Crippen LogP contribution in [0.3, 0.4) is 0 Å². The van der Waals surface area contributed by atoms with Crippen molar-refractivity contribution in [3.05, 3.63) is 224 Å². The predicted molar refractivity (Wildman–Crippen MR) is 252 cm³/mol. The largest absolute Gasteiger partial charge is 0.456 e. The van der Waals surface area contributed by atoms with Crippen LogP contribution in [-0.4, -0.2) is 4.57 Å². The van der Waals surface area contributed by atoms with Gasteiger partial charge in [0, 0.05) is 50.0 Å². The molecule has 0 aliphatic rings. The lowest BCUT2D eigenvalue weighted by Gasteiger charge is -2.30. The van der Waals surface area contributed by atoms with Crippen LogP contribution in [0.1, 0.15) is 0 Å². The van der Waals surface area contributed by atoms with E-state index in [0.29, 0.717) is 0 Å². The zero-order valence-corrected chi connectivity index (χ0v) is 32.6. The zero-order chi connectivity index (χ0) is 39.6. The number of furan rings is 1. The van der Waals surface area contributed by atoms with Gasteiger partial charge >= 0.3 is 0 Å². The molecule has 282 valence electrons. The third-order valence-corrected chi connectivity index (χ3v) is 11.9. The fourth-order valence-electron chi connectivity index (χ4n) is 9.24. The van der Waals surface area contributed by atoms with Gasteiger partial charge in [0.05, 0.1) is 22.4 Å². The van der Waals surface area contributed by atoms with Crippen LogP contribution in [0.5, 0.6) is 0 Å². The molecule has 2 heterocycles. The minimum absolute atomic E-state index is 0.866. The van der Waals surface area contributed by atoms with E-state index >= 15 is 0 Å². The van der Waals surface area contributed by atoms with E-state index in [2.05, 4.69) is 239 Å². The van der Waals surface area contributed by atoms with Gasteiger partial charge in [-0.15, -0.1) is 0 Å². The first kappa shape index (κ1) is 34.0. The molecule has 12 aromatic rings. The number of hydrogen-bond donors (Lipinski definition) is 0. The summed E-state index contributed by atoms with van der Waals surface area (Å²) >= 11 is 0. The van der Waals surface area contributed by atoms with Gasteiger partial charge in [0.1, 0.15) is 11.2 Å². The van der Waals surface area contributed by atoms with Crippen molar-refractivity contribution in [3.63, 3.8) is 0 Å². The van der Waals surface area contributed by atoms with Gasteiger partial charge in [0.25, 0.3) is 0 Å². The van der Waals surface area contributed by atoms with Crippen molar-refractivity contribution in [3.8, 4) is 5.69 Å². The number of para-hydroxylation sites is 4. The van der Waals surface area contributed by atoms with Crippen molar-refractivity contribution in [2.24, 2.45) is 0 Å². The fraction of sp³-hybridized carbons (Fsp3) is 0. The highest BCUT2D eigenvalue weighted by Gasteiger charge is 2.25. The fourth-order valence-corrected chi connectivity index (χ4v) is 9.24. The van der Waals surface area contributed by atoms with E-state index in [0.717, 1.165) is 72.8 Å². The second kappa shape index (κ2) is 13.8. The monoisotopic (exact) mass is 767 g/mol. The van der Waals surface area contributed by atoms with E-state index < -0.39 is 0 Å². The van der Waals surface area contributed by atoms with Gasteiger partial charge in [0.15, 0.2) is 0 Å². The number of fused-ring (bicyclic) bond motifs is 9. The Balaban J connectivity index is 1.21. The van der Waals surface area contributed by atoms with Crippen LogP contribution in [0, 0.1) is 0 Å². The molecule has 0 fully saturated rings. The number of nitrogens with zero attached hydrogens (tertiary/aromatic N) is 3. The summed E-state index contributed by atoms with van der Waals surface area (Å²) in [4.78, 5) is 4.80. The predicted octanol–water partition coefficient (Wildman–Crippen LogP) is 15.9. The van der Waals surface area contributed by atoms with E-state index in [1.54, 1.807) is 0 Å². The molecule has 0 aliphatic heterocycles. The van der Waals surface area contributed by atoms with Gasteiger partial charge in [-0.2, -0.15) is 0 Å². The maximum absolute atomic E-state index is 6.51. The summed E-state index contributed by atoms with van der Waals surface area (Å²) in [5.74, 6) is 0. The molecule has 0 saturated heterocycles. The average Bonchev–Trinajstić information content (AvgIpc) is 3.86. The van der Waals surface area contributed by atoms with Crippen LogP contribution in [0.15, 0.2) is 229 Å². The van der Waals surface area contributed by atoms with E-state index in [1.165, 1.54) is 32.3 Å². The Kier molecular flexibility index (Phi) is 7.82. The highest BCUT2D eigenvalue weighted by molar-refractivity contribution is 6.20. The quantitative estimate of drug-likeness (QED) is 0.161. The van der Waals surface area contributed by atoms with Crippen molar-refractivity contribution >= 4 is 99.4 Å². The van der Waals surface area contributed by atoms with Gasteiger partial charge in [-0.3, -0.25) is 0 Å². The second-order valence-electron chi connectivity index (χ2n) is 15.4. The molecule has 10 aromatic carbocycles. The van der Waals surface area contributed by atoms with Crippen LogP contribution < -0.4 is 9.80 Å². The molecule has 0 amide bonds. The Morgan fingerprint density at radius 3 is 1.63 bits per heavy atom.